The summed E-state index contributed by atoms with van der Waals surface area (Å²) < 4.78 is 5.08. The minimum atomic E-state index is -0.0985. The first-order valence-electron chi connectivity index (χ1n) is 5.28. The number of nitrogen functional groups attached to an aromatic ring is 1. The zero-order chi connectivity index (χ0) is 13.0. The number of rotatable bonds is 4. The standard InChI is InChI=1S/C13H18N2O2/c1-9(2)8-15(3)13(16)10-5-11(14)7-12(6-10)17-4/h5-7H,1,8,14H2,2-4H3. The second kappa shape index (κ2) is 5.39. The van der Waals surface area contributed by atoms with Crippen molar-refractivity contribution in [1.82, 2.24) is 4.90 Å². The van der Waals surface area contributed by atoms with Crippen LogP contribution in [0.2, 0.25) is 0 Å². The summed E-state index contributed by atoms with van der Waals surface area (Å²) in [6.07, 6.45) is 0. The number of nitrogens with zero attached hydrogens (tertiary/aromatic N) is 1. The molecular formula is C13H18N2O2. The van der Waals surface area contributed by atoms with Crippen molar-refractivity contribution < 1.29 is 9.53 Å². The van der Waals surface area contributed by atoms with E-state index in [4.69, 9.17) is 10.5 Å². The normalized spacial score (nSPS) is 9.82. The van der Waals surface area contributed by atoms with Gasteiger partial charge < -0.3 is 15.4 Å². The third-order valence-corrected chi connectivity index (χ3v) is 2.27. The average molecular weight is 234 g/mol. The Morgan fingerprint density at radius 2 is 2.12 bits per heavy atom. The van der Waals surface area contributed by atoms with Crippen molar-refractivity contribution >= 4 is 11.6 Å². The van der Waals surface area contributed by atoms with E-state index in [2.05, 4.69) is 6.58 Å². The summed E-state index contributed by atoms with van der Waals surface area (Å²) in [5, 5.41) is 0. The van der Waals surface area contributed by atoms with E-state index in [0.717, 1.165) is 5.57 Å². The lowest BCUT2D eigenvalue weighted by atomic mass is 10.1. The Morgan fingerprint density at radius 1 is 1.47 bits per heavy atom. The van der Waals surface area contributed by atoms with Crippen LogP contribution in [0.5, 0.6) is 5.75 Å². The molecule has 0 aliphatic rings. The van der Waals surface area contributed by atoms with Crippen LogP contribution in [-0.2, 0) is 0 Å². The predicted octanol–water partition coefficient (Wildman–Crippen LogP) is 1.93. The summed E-state index contributed by atoms with van der Waals surface area (Å²) in [5.74, 6) is 0.482. The maximum absolute atomic E-state index is 12.1. The molecule has 0 heterocycles. The van der Waals surface area contributed by atoms with Gasteiger partial charge in [-0.25, -0.2) is 0 Å². The predicted molar refractivity (Wildman–Crippen MR) is 69.2 cm³/mol. The van der Waals surface area contributed by atoms with Crippen molar-refractivity contribution in [2.24, 2.45) is 0 Å². The molecule has 0 saturated carbocycles. The van der Waals surface area contributed by atoms with Crippen molar-refractivity contribution in [2.45, 2.75) is 6.92 Å². The Balaban J connectivity index is 2.95. The molecule has 0 spiro atoms. The second-order valence-electron chi connectivity index (χ2n) is 4.11. The van der Waals surface area contributed by atoms with Crippen molar-refractivity contribution in [2.75, 3.05) is 26.4 Å². The highest BCUT2D eigenvalue weighted by Crippen LogP contribution is 2.19. The summed E-state index contributed by atoms with van der Waals surface area (Å²) in [7, 11) is 3.27. The fourth-order valence-corrected chi connectivity index (χ4v) is 1.56. The topological polar surface area (TPSA) is 55.6 Å². The first-order valence-corrected chi connectivity index (χ1v) is 5.28. The number of carbonyl (C=O) groups excluding carboxylic acids is 1. The molecule has 0 fully saturated rings. The van der Waals surface area contributed by atoms with Crippen LogP contribution in [0.4, 0.5) is 5.69 Å². The summed E-state index contributed by atoms with van der Waals surface area (Å²) in [6.45, 7) is 6.18. The van der Waals surface area contributed by atoms with Gasteiger partial charge in [0.25, 0.3) is 5.91 Å². The molecule has 0 aliphatic carbocycles. The average Bonchev–Trinajstić information content (AvgIpc) is 2.26. The van der Waals surface area contributed by atoms with Crippen LogP contribution in [0.1, 0.15) is 17.3 Å². The van der Waals surface area contributed by atoms with E-state index in [0.29, 0.717) is 23.5 Å². The number of amides is 1. The van der Waals surface area contributed by atoms with Crippen LogP contribution < -0.4 is 10.5 Å². The zero-order valence-corrected chi connectivity index (χ0v) is 10.5. The maximum Gasteiger partial charge on any atom is 0.254 e. The van der Waals surface area contributed by atoms with Crippen LogP contribution in [0.15, 0.2) is 30.4 Å². The molecular weight excluding hydrogens is 216 g/mol. The molecule has 1 aromatic rings. The van der Waals surface area contributed by atoms with Gasteiger partial charge in [0, 0.05) is 30.9 Å². The van der Waals surface area contributed by atoms with Crippen molar-refractivity contribution in [3.63, 3.8) is 0 Å². The van der Waals surface area contributed by atoms with Crippen LogP contribution in [0, 0.1) is 0 Å². The number of anilines is 1. The molecule has 0 radical (unpaired) electrons. The lowest BCUT2D eigenvalue weighted by Crippen LogP contribution is -2.28. The summed E-state index contributed by atoms with van der Waals surface area (Å²) in [4.78, 5) is 13.7. The smallest absolute Gasteiger partial charge is 0.254 e. The van der Waals surface area contributed by atoms with E-state index in [1.54, 1.807) is 37.3 Å². The summed E-state index contributed by atoms with van der Waals surface area (Å²) in [5.41, 5.74) is 7.66. The Hall–Kier alpha value is -1.97. The zero-order valence-electron chi connectivity index (χ0n) is 10.5. The second-order valence-corrected chi connectivity index (χ2v) is 4.11. The van der Waals surface area contributed by atoms with Gasteiger partial charge in [-0.15, -0.1) is 0 Å². The number of nitrogens with two attached hydrogens (primary N) is 1. The first-order chi connectivity index (χ1) is 7.93. The maximum atomic E-state index is 12.1. The molecule has 17 heavy (non-hydrogen) atoms. The van der Waals surface area contributed by atoms with Gasteiger partial charge in [-0.05, 0) is 19.1 Å². The number of benzene rings is 1. The van der Waals surface area contributed by atoms with Crippen molar-refractivity contribution in [3.05, 3.63) is 35.9 Å². The third kappa shape index (κ3) is 3.52. The SMILES string of the molecule is C=C(C)CN(C)C(=O)c1cc(N)cc(OC)c1. The summed E-state index contributed by atoms with van der Waals surface area (Å²) >= 11 is 0. The van der Waals surface area contributed by atoms with Gasteiger partial charge >= 0.3 is 0 Å². The fourth-order valence-electron chi connectivity index (χ4n) is 1.56. The molecule has 0 bridgehead atoms. The van der Waals surface area contributed by atoms with E-state index in [-0.39, 0.29) is 5.91 Å². The Morgan fingerprint density at radius 3 is 2.65 bits per heavy atom. The number of carbonyl (C=O) groups is 1. The van der Waals surface area contributed by atoms with Crippen LogP contribution >= 0.6 is 0 Å². The molecule has 0 aliphatic heterocycles. The molecule has 1 aromatic carbocycles. The molecule has 1 amide bonds. The van der Waals surface area contributed by atoms with Crippen molar-refractivity contribution in [3.8, 4) is 5.75 Å². The van der Waals surface area contributed by atoms with E-state index in [1.807, 2.05) is 6.92 Å². The van der Waals surface area contributed by atoms with Crippen LogP contribution in [-0.4, -0.2) is 31.5 Å². The van der Waals surface area contributed by atoms with E-state index < -0.39 is 0 Å². The number of ether oxygens (including phenoxy) is 1. The van der Waals surface area contributed by atoms with Gasteiger partial charge in [0.1, 0.15) is 5.75 Å². The largest absolute Gasteiger partial charge is 0.497 e. The highest BCUT2D eigenvalue weighted by molar-refractivity contribution is 5.95. The van der Waals surface area contributed by atoms with E-state index in [9.17, 15) is 4.79 Å². The molecule has 0 saturated heterocycles. The summed E-state index contributed by atoms with van der Waals surface area (Å²) in [6, 6.07) is 4.99. The van der Waals surface area contributed by atoms with Gasteiger partial charge in [0.15, 0.2) is 0 Å². The first kappa shape index (κ1) is 13.1. The molecule has 1 rings (SSSR count). The molecule has 4 heteroatoms. The highest BCUT2D eigenvalue weighted by Gasteiger charge is 2.13. The Labute approximate surface area is 102 Å². The molecule has 92 valence electrons. The fraction of sp³-hybridized carbons (Fsp3) is 0.308. The molecule has 2 N–H and O–H groups in total. The number of methoxy groups -OCH3 is 1. The lowest BCUT2D eigenvalue weighted by molar-refractivity contribution is 0.0806. The van der Waals surface area contributed by atoms with Crippen LogP contribution in [0.3, 0.4) is 0 Å². The van der Waals surface area contributed by atoms with E-state index >= 15 is 0 Å². The third-order valence-electron chi connectivity index (χ3n) is 2.27. The number of likely N-dealkylation sites (N-methyl/N-ethyl adjacent to an activating group) is 1. The van der Waals surface area contributed by atoms with Gasteiger partial charge in [0.2, 0.25) is 0 Å². The number of hydrogen-bond acceptors (Lipinski definition) is 3. The van der Waals surface area contributed by atoms with Crippen molar-refractivity contribution in [1.29, 1.82) is 0 Å². The molecule has 4 nitrogen and oxygen atoms in total. The van der Waals surface area contributed by atoms with E-state index in [1.165, 1.54) is 0 Å². The Kier molecular flexibility index (Phi) is 4.15. The molecule has 0 unspecified atom stereocenters. The minimum Gasteiger partial charge on any atom is -0.497 e. The van der Waals surface area contributed by atoms with Gasteiger partial charge in [-0.1, -0.05) is 12.2 Å². The quantitative estimate of drug-likeness (QED) is 0.639. The molecule has 0 atom stereocenters. The lowest BCUT2D eigenvalue weighted by Gasteiger charge is -2.17. The minimum absolute atomic E-state index is 0.0985. The van der Waals surface area contributed by atoms with Gasteiger partial charge in [-0.2, -0.15) is 0 Å². The van der Waals surface area contributed by atoms with Gasteiger partial charge in [-0.3, -0.25) is 4.79 Å². The number of hydrogen-bond donors (Lipinski definition) is 1. The monoisotopic (exact) mass is 234 g/mol. The highest BCUT2D eigenvalue weighted by atomic mass is 16.5. The van der Waals surface area contributed by atoms with Gasteiger partial charge in [0.05, 0.1) is 7.11 Å². The Bertz CT molecular complexity index is 441. The molecule has 0 aromatic heterocycles. The van der Waals surface area contributed by atoms with Crippen LogP contribution in [0.25, 0.3) is 0 Å².